The third-order valence-corrected chi connectivity index (χ3v) is 19.7. The van der Waals surface area contributed by atoms with Crippen LogP contribution in [-0.4, -0.2) is 69.3 Å². The molecule has 3 heterocycles. The topological polar surface area (TPSA) is 113 Å². The lowest BCUT2D eigenvalue weighted by Gasteiger charge is -2.71. The Morgan fingerprint density at radius 2 is 1.60 bits per heavy atom. The third kappa shape index (κ3) is 7.43. The number of fused-ring (bicyclic) bond motifs is 2. The molecule has 5 fully saturated rings. The summed E-state index contributed by atoms with van der Waals surface area (Å²) in [4.78, 5) is 27.6. The molecular formula is C49H68O7S2. The summed E-state index contributed by atoms with van der Waals surface area (Å²) in [6, 6.07) is 10.8. The summed E-state index contributed by atoms with van der Waals surface area (Å²) < 4.78 is 12.5. The highest BCUT2D eigenvalue weighted by molar-refractivity contribution is 8.76. The monoisotopic (exact) mass is 832 g/mol. The van der Waals surface area contributed by atoms with E-state index < -0.39 is 51.5 Å². The van der Waals surface area contributed by atoms with Crippen LogP contribution >= 0.6 is 21.6 Å². The summed E-state index contributed by atoms with van der Waals surface area (Å²) in [7, 11) is 3.86. The van der Waals surface area contributed by atoms with E-state index >= 15 is 4.79 Å². The minimum atomic E-state index is -1.67. The van der Waals surface area contributed by atoms with Crippen LogP contribution in [0.15, 0.2) is 42.0 Å². The van der Waals surface area contributed by atoms with Crippen molar-refractivity contribution in [3.8, 4) is 11.8 Å². The van der Waals surface area contributed by atoms with Crippen molar-refractivity contribution in [2.75, 3.05) is 18.1 Å². The zero-order valence-corrected chi connectivity index (χ0v) is 36.9. The number of carbonyl (C=O) groups excluding carboxylic acids is 2. The summed E-state index contributed by atoms with van der Waals surface area (Å²) in [5.41, 5.74) is -3.23. The first kappa shape index (κ1) is 42.7. The SMILES string of the molecule is CC1CCC(O)C23C(O)CCC(C)(C4CCCC4)C2C2CC(C)(C#CCC4(CCCCC4CSSCC(Cc4ccccc4)C1)C(=O)O2)C3(O)CCC1=CC(=O)OC1. The number of carbonyl (C=O) groups is 2. The van der Waals surface area contributed by atoms with Crippen LogP contribution in [0, 0.1) is 63.1 Å². The first-order chi connectivity index (χ1) is 27.8. The van der Waals surface area contributed by atoms with Gasteiger partial charge in [0.15, 0.2) is 0 Å². The van der Waals surface area contributed by atoms with Gasteiger partial charge >= 0.3 is 11.9 Å². The van der Waals surface area contributed by atoms with Crippen molar-refractivity contribution < 1.29 is 34.4 Å². The van der Waals surface area contributed by atoms with E-state index in [1.807, 2.05) is 28.5 Å². The fourth-order valence-corrected chi connectivity index (χ4v) is 16.9. The van der Waals surface area contributed by atoms with E-state index in [1.165, 1.54) is 11.6 Å². The predicted octanol–water partition coefficient (Wildman–Crippen LogP) is 9.26. The van der Waals surface area contributed by atoms with Crippen molar-refractivity contribution in [2.45, 2.75) is 160 Å². The maximum Gasteiger partial charge on any atom is 0.331 e. The quantitative estimate of drug-likeness (QED) is 0.147. The normalized spacial score (nSPS) is 43.8. The molecule has 12 atom stereocenters. The summed E-state index contributed by atoms with van der Waals surface area (Å²) in [5, 5.41) is 40.5. The van der Waals surface area contributed by atoms with Crippen LogP contribution in [0.25, 0.3) is 0 Å². The first-order valence-corrected chi connectivity index (χ1v) is 25.3. The second-order valence-corrected chi connectivity index (χ2v) is 22.9. The van der Waals surface area contributed by atoms with Crippen molar-refractivity contribution >= 4 is 33.5 Å². The molecule has 3 aliphatic heterocycles. The number of benzene rings is 1. The van der Waals surface area contributed by atoms with Gasteiger partial charge in [0.2, 0.25) is 0 Å². The van der Waals surface area contributed by atoms with E-state index in [4.69, 9.17) is 9.47 Å². The standard InChI is InChI=1S/C49H68O7S2/c1-33-17-18-40(50)49-41(51)20-24-46(3,37-14-7-8-15-37)43(49)39-29-45(2,48(49,54)25-19-35-28-42(52)55-30-35)21-11-23-47(44(53)56-39)22-10-9-16-38(47)32-58-57-31-36(26-33)27-34-12-5-4-6-13-34/h4-6,12-13,28,33,36-41,43,50-51,54H,7-10,14-20,22-27,29-32H2,1-3H3. The van der Waals surface area contributed by atoms with Gasteiger partial charge in [-0.15, -0.1) is 5.92 Å². The molecule has 1 aromatic carbocycles. The van der Waals surface area contributed by atoms with E-state index in [2.05, 4.69) is 56.0 Å². The average Bonchev–Trinajstić information content (AvgIpc) is 3.91. The molecule has 8 rings (SSSR count). The zero-order valence-electron chi connectivity index (χ0n) is 35.2. The van der Waals surface area contributed by atoms with Crippen LogP contribution in [0.3, 0.4) is 0 Å². The maximum absolute atomic E-state index is 15.3. The molecule has 1 aromatic rings. The summed E-state index contributed by atoms with van der Waals surface area (Å²) in [6.45, 7) is 6.84. The van der Waals surface area contributed by atoms with E-state index in [0.29, 0.717) is 49.9 Å². The Labute approximate surface area is 355 Å². The van der Waals surface area contributed by atoms with E-state index in [1.54, 1.807) is 0 Å². The van der Waals surface area contributed by atoms with Gasteiger partial charge in [0.05, 0.1) is 34.1 Å². The Kier molecular flexibility index (Phi) is 12.6. The smallest absolute Gasteiger partial charge is 0.331 e. The number of rotatable bonds is 6. The molecule has 1 saturated heterocycles. The molecule has 4 saturated carbocycles. The molecule has 9 heteroatoms. The molecule has 1 spiro atoms. The largest absolute Gasteiger partial charge is 0.462 e. The van der Waals surface area contributed by atoms with Crippen LogP contribution in [0.4, 0.5) is 0 Å². The molecule has 4 bridgehead atoms. The lowest BCUT2D eigenvalue weighted by Crippen LogP contribution is -2.79. The Bertz CT molecular complexity index is 1750. The predicted molar refractivity (Wildman–Crippen MR) is 231 cm³/mol. The van der Waals surface area contributed by atoms with Gasteiger partial charge in [-0.25, -0.2) is 4.79 Å². The second-order valence-electron chi connectivity index (χ2n) is 20.3. The minimum absolute atomic E-state index is 0.118. The Hall–Kier alpha value is -1.96. The maximum atomic E-state index is 15.3. The van der Waals surface area contributed by atoms with Gasteiger partial charge in [0.1, 0.15) is 12.7 Å². The van der Waals surface area contributed by atoms with Crippen LogP contribution in [0.5, 0.6) is 0 Å². The summed E-state index contributed by atoms with van der Waals surface area (Å²) >= 11 is 0. The number of aliphatic hydroxyl groups is 3. The molecule has 7 aliphatic rings. The highest BCUT2D eigenvalue weighted by Crippen LogP contribution is 2.72. The lowest BCUT2D eigenvalue weighted by molar-refractivity contribution is -0.338. The Morgan fingerprint density at radius 3 is 2.36 bits per heavy atom. The van der Waals surface area contributed by atoms with Gasteiger partial charge in [-0.1, -0.05) is 97.4 Å². The molecule has 0 aromatic heterocycles. The van der Waals surface area contributed by atoms with Crippen LogP contribution in [0.2, 0.25) is 0 Å². The molecule has 0 amide bonds. The molecule has 318 valence electrons. The molecule has 58 heavy (non-hydrogen) atoms. The van der Waals surface area contributed by atoms with Gasteiger partial charge in [-0.2, -0.15) is 0 Å². The van der Waals surface area contributed by atoms with Crippen molar-refractivity contribution in [1.82, 2.24) is 0 Å². The fraction of sp³-hybridized carbons (Fsp3) is 0.755. The first-order valence-electron chi connectivity index (χ1n) is 22.8. The van der Waals surface area contributed by atoms with Gasteiger partial charge in [-0.05, 0) is 124 Å². The van der Waals surface area contributed by atoms with Gasteiger partial charge in [-0.3, -0.25) is 4.79 Å². The molecule has 0 radical (unpaired) electrons. The third-order valence-electron chi connectivity index (χ3n) is 17.0. The number of ether oxygens (including phenoxy) is 2. The molecule has 12 unspecified atom stereocenters. The molecule has 3 N–H and O–H groups in total. The summed E-state index contributed by atoms with van der Waals surface area (Å²) in [6.07, 6.45) is 12.6. The van der Waals surface area contributed by atoms with Crippen molar-refractivity contribution in [3.05, 3.63) is 47.5 Å². The Morgan fingerprint density at radius 1 is 0.879 bits per heavy atom. The van der Waals surface area contributed by atoms with Crippen molar-refractivity contribution in [2.24, 2.45) is 51.2 Å². The highest BCUT2D eigenvalue weighted by Gasteiger charge is 2.78. The van der Waals surface area contributed by atoms with Crippen molar-refractivity contribution in [1.29, 1.82) is 0 Å². The highest BCUT2D eigenvalue weighted by atomic mass is 33.1. The number of cyclic esters (lactones) is 1. The van der Waals surface area contributed by atoms with Crippen molar-refractivity contribution in [3.63, 3.8) is 0 Å². The number of hydrogen-bond acceptors (Lipinski definition) is 9. The molecule has 4 aliphatic carbocycles. The lowest BCUT2D eigenvalue weighted by atomic mass is 9.35. The average molecular weight is 833 g/mol. The zero-order chi connectivity index (χ0) is 40.8. The van der Waals surface area contributed by atoms with Crippen LogP contribution in [-0.2, 0) is 25.5 Å². The fourth-order valence-electron chi connectivity index (χ4n) is 14.0. The van der Waals surface area contributed by atoms with E-state index in [-0.39, 0.29) is 30.9 Å². The summed E-state index contributed by atoms with van der Waals surface area (Å²) in [5.74, 6) is 9.29. The van der Waals surface area contributed by atoms with Crippen LogP contribution < -0.4 is 0 Å². The van der Waals surface area contributed by atoms with E-state index in [9.17, 15) is 20.1 Å². The number of esters is 2. The van der Waals surface area contributed by atoms with Gasteiger partial charge < -0.3 is 24.8 Å². The molecular weight excluding hydrogens is 765 g/mol. The van der Waals surface area contributed by atoms with Crippen LogP contribution in [0.1, 0.15) is 135 Å². The minimum Gasteiger partial charge on any atom is -0.462 e. The molecule has 7 nitrogen and oxygen atoms in total. The van der Waals surface area contributed by atoms with E-state index in [0.717, 1.165) is 94.1 Å². The van der Waals surface area contributed by atoms with Gasteiger partial charge in [0.25, 0.3) is 0 Å². The second kappa shape index (κ2) is 17.1. The number of aliphatic hydroxyl groups excluding tert-OH is 2. The number of hydrogen-bond donors (Lipinski definition) is 3. The van der Waals surface area contributed by atoms with Gasteiger partial charge in [0, 0.05) is 36.3 Å². The Balaban J connectivity index is 1.29.